The lowest BCUT2D eigenvalue weighted by Gasteiger charge is -2.31. The summed E-state index contributed by atoms with van der Waals surface area (Å²) in [5.74, 6) is 1.82. The number of methoxy groups -OCH3 is 1. The number of nitrogens with zero attached hydrogens (tertiary/aromatic N) is 2. The van der Waals surface area contributed by atoms with Crippen molar-refractivity contribution in [2.24, 2.45) is 0 Å². The van der Waals surface area contributed by atoms with E-state index in [1.807, 2.05) is 35.4 Å². The fraction of sp³-hybridized carbons (Fsp3) is 0.444. The molecule has 1 aliphatic rings. The van der Waals surface area contributed by atoms with Crippen molar-refractivity contribution in [1.29, 1.82) is 0 Å². The molecule has 0 aliphatic carbocycles. The fourth-order valence-electron chi connectivity index (χ4n) is 2.87. The second-order valence-electron chi connectivity index (χ2n) is 5.95. The quantitative estimate of drug-likeness (QED) is 0.834. The van der Waals surface area contributed by atoms with Crippen molar-refractivity contribution >= 4 is 17.2 Å². The molecule has 0 N–H and O–H groups in total. The van der Waals surface area contributed by atoms with Crippen molar-refractivity contribution < 1.29 is 14.3 Å². The van der Waals surface area contributed by atoms with Gasteiger partial charge in [0.2, 0.25) is 0 Å². The Kier molecular flexibility index (Phi) is 5.35. The summed E-state index contributed by atoms with van der Waals surface area (Å²) >= 11 is 1.73. The molecule has 1 aromatic heterocycles. The van der Waals surface area contributed by atoms with Gasteiger partial charge in [0.1, 0.15) is 11.5 Å². The highest BCUT2D eigenvalue weighted by Crippen LogP contribution is 2.29. The van der Waals surface area contributed by atoms with Crippen LogP contribution in [0.5, 0.6) is 11.5 Å². The summed E-state index contributed by atoms with van der Waals surface area (Å²) in [7, 11) is 1.62. The highest BCUT2D eigenvalue weighted by molar-refractivity contribution is 7.11. The minimum absolute atomic E-state index is 0.0313. The highest BCUT2D eigenvalue weighted by Gasteiger charge is 2.26. The van der Waals surface area contributed by atoms with Crippen LogP contribution in [0.3, 0.4) is 0 Å². The molecule has 0 unspecified atom stereocenters. The second kappa shape index (κ2) is 7.66. The first-order chi connectivity index (χ1) is 11.7. The first-order valence-corrected chi connectivity index (χ1v) is 8.94. The van der Waals surface area contributed by atoms with Crippen LogP contribution in [0.1, 0.15) is 28.6 Å². The van der Waals surface area contributed by atoms with E-state index in [9.17, 15) is 4.79 Å². The number of amides is 1. The van der Waals surface area contributed by atoms with E-state index in [2.05, 4.69) is 11.9 Å². The molecule has 1 aromatic carbocycles. The van der Waals surface area contributed by atoms with E-state index in [-0.39, 0.29) is 12.5 Å². The molecule has 3 rings (SSSR count). The second-order valence-corrected chi connectivity index (χ2v) is 7.22. The number of benzene rings is 1. The Morgan fingerprint density at radius 2 is 2.08 bits per heavy atom. The number of carbonyl (C=O) groups excluding carboxylic acids is 1. The number of aromatic nitrogens is 1. The van der Waals surface area contributed by atoms with Crippen molar-refractivity contribution in [1.82, 2.24) is 9.88 Å². The molecule has 2 heterocycles. The van der Waals surface area contributed by atoms with E-state index < -0.39 is 0 Å². The average Bonchev–Trinajstić information content (AvgIpc) is 3.06. The average molecular weight is 346 g/mol. The molecular formula is C18H22N2O3S. The topological polar surface area (TPSA) is 51.7 Å². The molecule has 1 amide bonds. The van der Waals surface area contributed by atoms with Gasteiger partial charge in [0.25, 0.3) is 5.91 Å². The minimum atomic E-state index is 0.0313. The van der Waals surface area contributed by atoms with Gasteiger partial charge in [-0.2, -0.15) is 0 Å². The highest BCUT2D eigenvalue weighted by atomic mass is 32.1. The summed E-state index contributed by atoms with van der Waals surface area (Å²) < 4.78 is 10.7. The zero-order valence-electron chi connectivity index (χ0n) is 14.0. The summed E-state index contributed by atoms with van der Waals surface area (Å²) in [4.78, 5) is 20.0. The van der Waals surface area contributed by atoms with Crippen molar-refractivity contribution in [3.8, 4) is 11.5 Å². The number of hydrogen-bond acceptors (Lipinski definition) is 5. The standard InChI is InChI=1S/C18H22N2O3S/c1-13-10-19-18(24-13)14-4-3-9-20(11-14)17(21)12-23-16-7-5-15(22-2)6-8-16/h5-8,10,14H,3-4,9,11-12H2,1-2H3/t14-/m1/s1. The Bertz CT molecular complexity index is 684. The minimum Gasteiger partial charge on any atom is -0.497 e. The van der Waals surface area contributed by atoms with Crippen molar-refractivity contribution in [3.05, 3.63) is 40.3 Å². The number of aryl methyl sites for hydroxylation is 1. The van der Waals surface area contributed by atoms with Crippen LogP contribution in [0.2, 0.25) is 0 Å². The Hall–Kier alpha value is -2.08. The summed E-state index contributed by atoms with van der Waals surface area (Å²) in [5, 5.41) is 1.14. The van der Waals surface area contributed by atoms with E-state index in [0.717, 1.165) is 36.7 Å². The molecular weight excluding hydrogens is 324 g/mol. The molecule has 1 saturated heterocycles. The summed E-state index contributed by atoms with van der Waals surface area (Å²) in [5.41, 5.74) is 0. The van der Waals surface area contributed by atoms with Crippen LogP contribution >= 0.6 is 11.3 Å². The zero-order valence-corrected chi connectivity index (χ0v) is 14.8. The molecule has 1 atom stereocenters. The number of rotatable bonds is 5. The number of carbonyl (C=O) groups is 1. The van der Waals surface area contributed by atoms with Gasteiger partial charge in [-0.3, -0.25) is 4.79 Å². The van der Waals surface area contributed by atoms with Crippen LogP contribution in [0.25, 0.3) is 0 Å². The molecule has 0 spiro atoms. The first-order valence-electron chi connectivity index (χ1n) is 8.12. The number of thiazole rings is 1. The van der Waals surface area contributed by atoms with Gasteiger partial charge in [-0.25, -0.2) is 4.98 Å². The van der Waals surface area contributed by atoms with E-state index in [1.54, 1.807) is 18.4 Å². The summed E-state index contributed by atoms with van der Waals surface area (Å²) in [6.07, 6.45) is 4.02. The van der Waals surface area contributed by atoms with Gasteiger partial charge in [0, 0.05) is 30.1 Å². The lowest BCUT2D eigenvalue weighted by atomic mass is 9.99. The monoisotopic (exact) mass is 346 g/mol. The molecule has 1 fully saturated rings. The predicted octanol–water partition coefficient (Wildman–Crippen LogP) is 3.25. The van der Waals surface area contributed by atoms with Crippen molar-refractivity contribution in [2.45, 2.75) is 25.7 Å². The molecule has 5 nitrogen and oxygen atoms in total. The Morgan fingerprint density at radius 3 is 2.75 bits per heavy atom. The van der Waals surface area contributed by atoms with Gasteiger partial charge >= 0.3 is 0 Å². The number of piperidine rings is 1. The third-order valence-corrected chi connectivity index (χ3v) is 5.26. The summed E-state index contributed by atoms with van der Waals surface area (Å²) in [6, 6.07) is 7.26. The molecule has 2 aromatic rings. The zero-order chi connectivity index (χ0) is 16.9. The molecule has 0 bridgehead atoms. The van der Waals surface area contributed by atoms with Gasteiger partial charge in [-0.15, -0.1) is 11.3 Å². The largest absolute Gasteiger partial charge is 0.497 e. The fourth-order valence-corrected chi connectivity index (χ4v) is 3.77. The van der Waals surface area contributed by atoms with Crippen LogP contribution in [0.4, 0.5) is 0 Å². The molecule has 24 heavy (non-hydrogen) atoms. The van der Waals surface area contributed by atoms with E-state index in [4.69, 9.17) is 9.47 Å². The Balaban J connectivity index is 1.54. The molecule has 1 aliphatic heterocycles. The van der Waals surface area contributed by atoms with Gasteiger partial charge in [-0.05, 0) is 44.0 Å². The van der Waals surface area contributed by atoms with Crippen LogP contribution in [0, 0.1) is 6.92 Å². The maximum atomic E-state index is 12.4. The number of hydrogen-bond donors (Lipinski definition) is 0. The van der Waals surface area contributed by atoms with E-state index in [0.29, 0.717) is 11.7 Å². The summed E-state index contributed by atoms with van der Waals surface area (Å²) in [6.45, 7) is 3.66. The first kappa shape index (κ1) is 16.8. The molecule has 0 radical (unpaired) electrons. The predicted molar refractivity (Wildman–Crippen MR) is 93.9 cm³/mol. The number of likely N-dealkylation sites (tertiary alicyclic amines) is 1. The van der Waals surface area contributed by atoms with Gasteiger partial charge in [0.05, 0.1) is 12.1 Å². The Labute approximate surface area is 146 Å². The van der Waals surface area contributed by atoms with Gasteiger partial charge in [0.15, 0.2) is 6.61 Å². The SMILES string of the molecule is COc1ccc(OCC(=O)N2CCC[C@@H](c3ncc(C)s3)C2)cc1. The van der Waals surface area contributed by atoms with E-state index in [1.165, 1.54) is 4.88 Å². The van der Waals surface area contributed by atoms with Crippen molar-refractivity contribution in [3.63, 3.8) is 0 Å². The van der Waals surface area contributed by atoms with Crippen LogP contribution in [0.15, 0.2) is 30.5 Å². The van der Waals surface area contributed by atoms with Crippen LogP contribution in [-0.2, 0) is 4.79 Å². The van der Waals surface area contributed by atoms with Crippen LogP contribution in [-0.4, -0.2) is 42.6 Å². The number of ether oxygens (including phenoxy) is 2. The lowest BCUT2D eigenvalue weighted by Crippen LogP contribution is -2.41. The normalized spacial score (nSPS) is 17.6. The van der Waals surface area contributed by atoms with E-state index >= 15 is 0 Å². The van der Waals surface area contributed by atoms with Crippen molar-refractivity contribution in [2.75, 3.05) is 26.8 Å². The molecule has 128 valence electrons. The molecule has 0 saturated carbocycles. The maximum Gasteiger partial charge on any atom is 0.260 e. The lowest BCUT2D eigenvalue weighted by molar-refractivity contribution is -0.134. The molecule has 6 heteroatoms. The third kappa shape index (κ3) is 4.06. The third-order valence-electron chi connectivity index (χ3n) is 4.18. The smallest absolute Gasteiger partial charge is 0.260 e. The maximum absolute atomic E-state index is 12.4. The van der Waals surface area contributed by atoms with Gasteiger partial charge < -0.3 is 14.4 Å². The van der Waals surface area contributed by atoms with Gasteiger partial charge in [-0.1, -0.05) is 0 Å². The van der Waals surface area contributed by atoms with Crippen LogP contribution < -0.4 is 9.47 Å². The Morgan fingerprint density at radius 1 is 1.33 bits per heavy atom.